The number of imide groups is 1. The number of amides is 3. The number of carbonyl (C=O) groups excluding carboxylic acids is 3. The predicted molar refractivity (Wildman–Crippen MR) is 62.9 cm³/mol. The molecule has 94 valence electrons. The standard InChI is InChI=1S/C12H18N2O3/c1-9(2)3-4-10(15)13-7-8-14-11(16)5-6-12(14)17/h5-6,9H,3-4,7-8H2,1-2H3,(H,13,15). The molecule has 1 N–H and O–H groups in total. The molecule has 0 aromatic carbocycles. The quantitative estimate of drug-likeness (QED) is 0.684. The van der Waals surface area contributed by atoms with E-state index in [1.54, 1.807) is 0 Å². The van der Waals surface area contributed by atoms with Crippen LogP contribution in [-0.4, -0.2) is 35.7 Å². The second-order valence-electron chi connectivity index (χ2n) is 4.44. The molecule has 5 heteroatoms. The van der Waals surface area contributed by atoms with E-state index in [1.165, 1.54) is 12.2 Å². The summed E-state index contributed by atoms with van der Waals surface area (Å²) in [5, 5.41) is 2.69. The van der Waals surface area contributed by atoms with E-state index >= 15 is 0 Å². The van der Waals surface area contributed by atoms with Gasteiger partial charge in [0.25, 0.3) is 11.8 Å². The van der Waals surface area contributed by atoms with Crippen molar-refractivity contribution in [1.29, 1.82) is 0 Å². The Morgan fingerprint density at radius 2 is 1.88 bits per heavy atom. The molecule has 0 unspecified atom stereocenters. The Balaban J connectivity index is 2.18. The van der Waals surface area contributed by atoms with Crippen molar-refractivity contribution < 1.29 is 14.4 Å². The Bertz CT molecular complexity index is 330. The van der Waals surface area contributed by atoms with Gasteiger partial charge in [0, 0.05) is 31.7 Å². The fourth-order valence-electron chi connectivity index (χ4n) is 1.47. The van der Waals surface area contributed by atoms with Crippen LogP contribution in [0.3, 0.4) is 0 Å². The maximum Gasteiger partial charge on any atom is 0.253 e. The Kier molecular flexibility index (Phi) is 4.87. The minimum Gasteiger partial charge on any atom is -0.354 e. The van der Waals surface area contributed by atoms with E-state index in [4.69, 9.17) is 0 Å². The number of hydrogen-bond donors (Lipinski definition) is 1. The molecule has 0 atom stereocenters. The summed E-state index contributed by atoms with van der Waals surface area (Å²) in [4.78, 5) is 34.8. The molecule has 0 aliphatic carbocycles. The average Bonchev–Trinajstić information content (AvgIpc) is 2.57. The molecule has 1 aliphatic heterocycles. The lowest BCUT2D eigenvalue weighted by atomic mass is 10.1. The van der Waals surface area contributed by atoms with Gasteiger partial charge in [0.15, 0.2) is 0 Å². The molecule has 1 heterocycles. The number of rotatable bonds is 6. The summed E-state index contributed by atoms with van der Waals surface area (Å²) >= 11 is 0. The first kappa shape index (κ1) is 13.4. The van der Waals surface area contributed by atoms with Crippen molar-refractivity contribution in [3.63, 3.8) is 0 Å². The third-order valence-corrected chi connectivity index (χ3v) is 2.51. The zero-order valence-electron chi connectivity index (χ0n) is 10.2. The van der Waals surface area contributed by atoms with Gasteiger partial charge in [-0.3, -0.25) is 19.3 Å². The van der Waals surface area contributed by atoms with Crippen LogP contribution in [0.1, 0.15) is 26.7 Å². The van der Waals surface area contributed by atoms with Crippen LogP contribution < -0.4 is 5.32 Å². The van der Waals surface area contributed by atoms with Gasteiger partial charge < -0.3 is 5.32 Å². The van der Waals surface area contributed by atoms with Gasteiger partial charge in [-0.25, -0.2) is 0 Å². The molecule has 0 radical (unpaired) electrons. The molecular formula is C12H18N2O3. The van der Waals surface area contributed by atoms with Gasteiger partial charge in [0.05, 0.1) is 0 Å². The summed E-state index contributed by atoms with van der Waals surface area (Å²) in [6.07, 6.45) is 3.80. The van der Waals surface area contributed by atoms with Crippen LogP contribution in [0, 0.1) is 5.92 Å². The topological polar surface area (TPSA) is 66.5 Å². The lowest BCUT2D eigenvalue weighted by Crippen LogP contribution is -2.38. The summed E-state index contributed by atoms with van der Waals surface area (Å²) in [6.45, 7) is 4.66. The number of nitrogens with zero attached hydrogens (tertiary/aromatic N) is 1. The molecule has 1 rings (SSSR count). The highest BCUT2D eigenvalue weighted by molar-refractivity contribution is 6.12. The highest BCUT2D eigenvalue weighted by Crippen LogP contribution is 2.03. The van der Waals surface area contributed by atoms with Gasteiger partial charge >= 0.3 is 0 Å². The van der Waals surface area contributed by atoms with Gasteiger partial charge in [-0.2, -0.15) is 0 Å². The van der Waals surface area contributed by atoms with E-state index in [9.17, 15) is 14.4 Å². The molecule has 0 fully saturated rings. The molecule has 5 nitrogen and oxygen atoms in total. The second-order valence-corrected chi connectivity index (χ2v) is 4.44. The molecule has 0 aromatic rings. The fraction of sp³-hybridized carbons (Fsp3) is 0.583. The van der Waals surface area contributed by atoms with E-state index in [1.807, 2.05) is 0 Å². The van der Waals surface area contributed by atoms with E-state index < -0.39 is 0 Å². The maximum absolute atomic E-state index is 11.4. The van der Waals surface area contributed by atoms with Crippen molar-refractivity contribution in [3.8, 4) is 0 Å². The van der Waals surface area contributed by atoms with Crippen LogP contribution in [0.2, 0.25) is 0 Å². The van der Waals surface area contributed by atoms with E-state index in [2.05, 4.69) is 19.2 Å². The van der Waals surface area contributed by atoms with Crippen molar-refractivity contribution in [1.82, 2.24) is 10.2 Å². The van der Waals surface area contributed by atoms with Crippen molar-refractivity contribution in [3.05, 3.63) is 12.2 Å². The summed E-state index contributed by atoms with van der Waals surface area (Å²) < 4.78 is 0. The van der Waals surface area contributed by atoms with Crippen LogP contribution in [0.5, 0.6) is 0 Å². The van der Waals surface area contributed by atoms with Crippen LogP contribution in [0.15, 0.2) is 12.2 Å². The minimum absolute atomic E-state index is 0.0363. The number of carbonyl (C=O) groups is 3. The first-order valence-electron chi connectivity index (χ1n) is 5.81. The molecule has 1 aliphatic rings. The Hall–Kier alpha value is -1.65. The van der Waals surface area contributed by atoms with Crippen molar-refractivity contribution in [2.24, 2.45) is 5.92 Å². The fourth-order valence-corrected chi connectivity index (χ4v) is 1.47. The zero-order chi connectivity index (χ0) is 12.8. The summed E-state index contributed by atoms with van der Waals surface area (Å²) in [6, 6.07) is 0. The normalized spacial score (nSPS) is 14.9. The molecule has 0 spiro atoms. The summed E-state index contributed by atoms with van der Waals surface area (Å²) in [7, 11) is 0. The number of nitrogens with one attached hydrogen (secondary N) is 1. The first-order valence-corrected chi connectivity index (χ1v) is 5.81. The van der Waals surface area contributed by atoms with Gasteiger partial charge in [0.2, 0.25) is 5.91 Å². The second kappa shape index (κ2) is 6.18. The van der Waals surface area contributed by atoms with Crippen LogP contribution >= 0.6 is 0 Å². The molecule has 3 amide bonds. The van der Waals surface area contributed by atoms with Gasteiger partial charge in [-0.1, -0.05) is 13.8 Å². The maximum atomic E-state index is 11.4. The van der Waals surface area contributed by atoms with Crippen molar-refractivity contribution in [2.75, 3.05) is 13.1 Å². The van der Waals surface area contributed by atoms with Gasteiger partial charge in [-0.15, -0.1) is 0 Å². The predicted octanol–water partition coefficient (Wildman–Crippen LogP) is 0.464. The summed E-state index contributed by atoms with van der Waals surface area (Å²) in [5.41, 5.74) is 0. The minimum atomic E-state index is -0.313. The van der Waals surface area contributed by atoms with Crippen LogP contribution in [0.25, 0.3) is 0 Å². The molecule has 0 saturated heterocycles. The Morgan fingerprint density at radius 3 is 2.41 bits per heavy atom. The lowest BCUT2D eigenvalue weighted by molar-refractivity contribution is -0.137. The Morgan fingerprint density at radius 1 is 1.29 bits per heavy atom. The molecular weight excluding hydrogens is 220 g/mol. The lowest BCUT2D eigenvalue weighted by Gasteiger charge is -2.14. The molecule has 0 saturated carbocycles. The third kappa shape index (κ3) is 4.38. The van der Waals surface area contributed by atoms with E-state index in [0.717, 1.165) is 11.3 Å². The van der Waals surface area contributed by atoms with Gasteiger partial charge in [0.1, 0.15) is 0 Å². The van der Waals surface area contributed by atoms with E-state index in [0.29, 0.717) is 18.9 Å². The molecule has 0 bridgehead atoms. The summed E-state index contributed by atoms with van der Waals surface area (Å²) in [5.74, 6) is -0.171. The zero-order valence-corrected chi connectivity index (χ0v) is 10.2. The third-order valence-electron chi connectivity index (χ3n) is 2.51. The Labute approximate surface area is 101 Å². The van der Waals surface area contributed by atoms with Crippen molar-refractivity contribution >= 4 is 17.7 Å². The highest BCUT2D eigenvalue weighted by atomic mass is 16.2. The van der Waals surface area contributed by atoms with Crippen LogP contribution in [-0.2, 0) is 14.4 Å². The molecule has 0 aromatic heterocycles. The van der Waals surface area contributed by atoms with Crippen LogP contribution in [0.4, 0.5) is 0 Å². The van der Waals surface area contributed by atoms with Gasteiger partial charge in [-0.05, 0) is 12.3 Å². The number of hydrogen-bond acceptors (Lipinski definition) is 3. The van der Waals surface area contributed by atoms with E-state index in [-0.39, 0.29) is 24.3 Å². The first-order chi connectivity index (χ1) is 8.00. The van der Waals surface area contributed by atoms with Crippen molar-refractivity contribution in [2.45, 2.75) is 26.7 Å². The largest absolute Gasteiger partial charge is 0.354 e. The molecule has 17 heavy (non-hydrogen) atoms. The SMILES string of the molecule is CC(C)CCC(=O)NCCN1C(=O)C=CC1=O. The smallest absolute Gasteiger partial charge is 0.253 e. The highest BCUT2D eigenvalue weighted by Gasteiger charge is 2.22. The monoisotopic (exact) mass is 238 g/mol. The average molecular weight is 238 g/mol.